The molecule has 1 aromatic rings. The number of para-hydroxylation sites is 2. The van der Waals surface area contributed by atoms with E-state index in [1.54, 1.807) is 7.11 Å². The van der Waals surface area contributed by atoms with E-state index in [4.69, 9.17) is 9.73 Å². The molecule has 0 bridgehead atoms. The minimum atomic E-state index is 0.406. The van der Waals surface area contributed by atoms with Crippen molar-refractivity contribution >= 4 is 11.6 Å². The highest BCUT2D eigenvalue weighted by molar-refractivity contribution is 5.80. The van der Waals surface area contributed by atoms with E-state index < -0.39 is 0 Å². The van der Waals surface area contributed by atoms with E-state index in [1.165, 1.54) is 25.2 Å². The van der Waals surface area contributed by atoms with Gasteiger partial charge in [0.2, 0.25) is 0 Å². The van der Waals surface area contributed by atoms with Crippen molar-refractivity contribution in [3.8, 4) is 5.75 Å². The lowest BCUT2D eigenvalue weighted by Gasteiger charge is -2.22. The van der Waals surface area contributed by atoms with Gasteiger partial charge in [-0.15, -0.1) is 0 Å². The average Bonchev–Trinajstić information content (AvgIpc) is 3.35. The van der Waals surface area contributed by atoms with E-state index in [0.717, 1.165) is 50.9 Å². The normalized spacial score (nSPS) is 23.7. The summed E-state index contributed by atoms with van der Waals surface area (Å²) in [6, 6.07) is 8.67. The molecule has 0 spiro atoms. The van der Waals surface area contributed by atoms with E-state index in [1.807, 2.05) is 12.1 Å². The Hall–Kier alpha value is -1.95. The summed E-state index contributed by atoms with van der Waals surface area (Å²) in [6.45, 7) is 11.7. The number of likely N-dealkylation sites (tertiary alicyclic amines) is 1. The molecule has 6 heteroatoms. The number of ether oxygens (including phenoxy) is 1. The van der Waals surface area contributed by atoms with Crippen LogP contribution in [0.3, 0.4) is 0 Å². The second-order valence-electron chi connectivity index (χ2n) is 7.52. The summed E-state index contributed by atoms with van der Waals surface area (Å²) in [4.78, 5) is 9.80. The molecule has 27 heavy (non-hydrogen) atoms. The zero-order valence-electron chi connectivity index (χ0n) is 17.1. The van der Waals surface area contributed by atoms with Crippen molar-refractivity contribution in [1.29, 1.82) is 0 Å². The van der Waals surface area contributed by atoms with Crippen LogP contribution in [0.5, 0.6) is 5.75 Å². The minimum absolute atomic E-state index is 0.406. The molecule has 2 atom stereocenters. The molecule has 2 N–H and O–H groups in total. The number of hydrogen-bond acceptors (Lipinski definition) is 4. The van der Waals surface area contributed by atoms with E-state index >= 15 is 0 Å². The first-order valence-corrected chi connectivity index (χ1v) is 10.4. The van der Waals surface area contributed by atoms with Gasteiger partial charge in [0.25, 0.3) is 0 Å². The molecule has 2 aliphatic rings. The monoisotopic (exact) mass is 373 g/mol. The van der Waals surface area contributed by atoms with E-state index in [0.29, 0.717) is 12.0 Å². The van der Waals surface area contributed by atoms with Gasteiger partial charge in [0, 0.05) is 38.8 Å². The number of aliphatic imine (C=N–C) groups is 1. The Kier molecular flexibility index (Phi) is 7.21. The number of benzene rings is 1. The Morgan fingerprint density at radius 3 is 2.78 bits per heavy atom. The summed E-state index contributed by atoms with van der Waals surface area (Å²) in [6.07, 6.45) is 2.37. The Morgan fingerprint density at radius 2 is 2.04 bits per heavy atom. The molecule has 1 aromatic carbocycles. The summed E-state index contributed by atoms with van der Waals surface area (Å²) >= 11 is 0. The van der Waals surface area contributed by atoms with Crippen molar-refractivity contribution in [3.05, 3.63) is 24.3 Å². The third-order valence-corrected chi connectivity index (χ3v) is 5.62. The second kappa shape index (κ2) is 9.83. The molecule has 0 saturated carbocycles. The largest absolute Gasteiger partial charge is 0.495 e. The number of anilines is 1. The zero-order valence-corrected chi connectivity index (χ0v) is 17.1. The number of guanidine groups is 1. The molecule has 2 fully saturated rings. The molecular formula is C21H35N5O. The fraction of sp³-hybridized carbons (Fsp3) is 0.667. The van der Waals surface area contributed by atoms with Gasteiger partial charge < -0.3 is 25.2 Å². The standard InChI is InChI=1S/C21H35N5O/c1-4-22-21(23-14-17-10-12-25(5-2)15-17)24-18-11-13-26(16-18)19-8-6-7-9-20(19)27-3/h6-9,17-18H,4-5,10-16H2,1-3H3,(H2,22,23,24). The van der Waals surface area contributed by atoms with Crippen molar-refractivity contribution in [1.82, 2.24) is 15.5 Å². The third-order valence-electron chi connectivity index (χ3n) is 5.62. The van der Waals surface area contributed by atoms with E-state index in [-0.39, 0.29) is 0 Å². The second-order valence-corrected chi connectivity index (χ2v) is 7.52. The fourth-order valence-electron chi connectivity index (χ4n) is 4.07. The van der Waals surface area contributed by atoms with Gasteiger partial charge in [0.15, 0.2) is 5.96 Å². The molecule has 3 rings (SSSR count). The van der Waals surface area contributed by atoms with Crippen molar-refractivity contribution in [3.63, 3.8) is 0 Å². The Balaban J connectivity index is 1.55. The molecule has 0 amide bonds. The van der Waals surface area contributed by atoms with Gasteiger partial charge in [0.05, 0.1) is 12.8 Å². The molecule has 2 heterocycles. The molecule has 0 radical (unpaired) electrons. The minimum Gasteiger partial charge on any atom is -0.495 e. The van der Waals surface area contributed by atoms with Gasteiger partial charge in [0.1, 0.15) is 5.75 Å². The SMILES string of the molecule is CCNC(=NCC1CCN(CC)C1)NC1CCN(c2ccccc2OC)C1. The smallest absolute Gasteiger partial charge is 0.191 e. The highest BCUT2D eigenvalue weighted by Gasteiger charge is 2.25. The summed E-state index contributed by atoms with van der Waals surface area (Å²) in [5, 5.41) is 7.06. The predicted octanol–water partition coefficient (Wildman–Crippen LogP) is 2.17. The van der Waals surface area contributed by atoms with Gasteiger partial charge >= 0.3 is 0 Å². The van der Waals surface area contributed by atoms with Crippen molar-refractivity contribution < 1.29 is 4.74 Å². The zero-order chi connectivity index (χ0) is 19.1. The van der Waals surface area contributed by atoms with Crippen LogP contribution in [0.2, 0.25) is 0 Å². The Bertz CT molecular complexity index is 620. The number of rotatable bonds is 7. The molecule has 2 unspecified atom stereocenters. The number of nitrogens with zero attached hydrogens (tertiary/aromatic N) is 3. The maximum absolute atomic E-state index is 5.52. The maximum Gasteiger partial charge on any atom is 0.191 e. The van der Waals surface area contributed by atoms with Gasteiger partial charge in [-0.05, 0) is 50.9 Å². The number of hydrogen-bond donors (Lipinski definition) is 2. The quantitative estimate of drug-likeness (QED) is 0.567. The van der Waals surface area contributed by atoms with E-state index in [2.05, 4.69) is 46.4 Å². The van der Waals surface area contributed by atoms with Crippen LogP contribution in [0.1, 0.15) is 26.7 Å². The molecule has 2 saturated heterocycles. The third kappa shape index (κ3) is 5.28. The molecule has 2 aliphatic heterocycles. The maximum atomic E-state index is 5.52. The molecule has 0 aliphatic carbocycles. The van der Waals surface area contributed by atoms with Crippen LogP contribution in [0.4, 0.5) is 5.69 Å². The molecule has 6 nitrogen and oxygen atoms in total. The highest BCUT2D eigenvalue weighted by atomic mass is 16.5. The van der Waals surface area contributed by atoms with Crippen molar-refractivity contribution in [2.45, 2.75) is 32.7 Å². The Labute approximate surface area is 164 Å². The average molecular weight is 374 g/mol. The van der Waals surface area contributed by atoms with Gasteiger partial charge in [-0.25, -0.2) is 0 Å². The topological polar surface area (TPSA) is 52.1 Å². The fourth-order valence-corrected chi connectivity index (χ4v) is 4.07. The summed E-state index contributed by atoms with van der Waals surface area (Å²) < 4.78 is 5.52. The van der Waals surface area contributed by atoms with Crippen LogP contribution in [-0.2, 0) is 0 Å². The van der Waals surface area contributed by atoms with Crippen LogP contribution < -0.4 is 20.3 Å². The lowest BCUT2D eigenvalue weighted by atomic mass is 10.1. The number of nitrogens with one attached hydrogen (secondary N) is 2. The highest BCUT2D eigenvalue weighted by Crippen LogP contribution is 2.30. The lowest BCUT2D eigenvalue weighted by molar-refractivity contribution is 0.343. The van der Waals surface area contributed by atoms with Gasteiger partial charge in [-0.3, -0.25) is 4.99 Å². The van der Waals surface area contributed by atoms with Crippen LogP contribution in [0.25, 0.3) is 0 Å². The van der Waals surface area contributed by atoms with Crippen LogP contribution in [0.15, 0.2) is 29.3 Å². The molecule has 0 aromatic heterocycles. The first kappa shape index (κ1) is 19.8. The summed E-state index contributed by atoms with van der Waals surface area (Å²) in [5.41, 5.74) is 1.18. The van der Waals surface area contributed by atoms with Crippen LogP contribution in [0, 0.1) is 5.92 Å². The van der Waals surface area contributed by atoms with Gasteiger partial charge in [-0.2, -0.15) is 0 Å². The van der Waals surface area contributed by atoms with Crippen molar-refractivity contribution in [2.24, 2.45) is 10.9 Å². The molecular weight excluding hydrogens is 338 g/mol. The predicted molar refractivity (Wildman–Crippen MR) is 113 cm³/mol. The lowest BCUT2D eigenvalue weighted by Crippen LogP contribution is -2.45. The summed E-state index contributed by atoms with van der Waals surface area (Å²) in [7, 11) is 1.74. The van der Waals surface area contributed by atoms with Gasteiger partial charge in [-0.1, -0.05) is 19.1 Å². The van der Waals surface area contributed by atoms with Crippen LogP contribution in [-0.4, -0.2) is 69.8 Å². The van der Waals surface area contributed by atoms with Crippen molar-refractivity contribution in [2.75, 3.05) is 57.8 Å². The first-order valence-electron chi connectivity index (χ1n) is 10.4. The molecule has 150 valence electrons. The number of methoxy groups -OCH3 is 1. The van der Waals surface area contributed by atoms with Crippen LogP contribution >= 0.6 is 0 Å². The van der Waals surface area contributed by atoms with E-state index in [9.17, 15) is 0 Å². The first-order chi connectivity index (χ1) is 13.2. The Morgan fingerprint density at radius 1 is 1.19 bits per heavy atom. The summed E-state index contributed by atoms with van der Waals surface area (Å²) in [5.74, 6) is 2.59.